The van der Waals surface area contributed by atoms with E-state index in [-0.39, 0.29) is 12.1 Å². The Kier molecular flexibility index (Phi) is 6.04. The van der Waals surface area contributed by atoms with E-state index in [1.54, 1.807) is 23.1 Å². The summed E-state index contributed by atoms with van der Waals surface area (Å²) in [6.07, 6.45) is 2.65. The van der Waals surface area contributed by atoms with E-state index in [0.717, 1.165) is 36.3 Å². The molecule has 0 aromatic heterocycles. The minimum atomic E-state index is -0.478. The summed E-state index contributed by atoms with van der Waals surface area (Å²) in [5.74, 6) is 0.834. The molecule has 1 unspecified atom stereocenters. The second-order valence-corrected chi connectivity index (χ2v) is 8.20. The Bertz CT molecular complexity index is 901. The number of piperidine rings is 1. The fourth-order valence-electron chi connectivity index (χ4n) is 3.68. The molecular formula is C21H23Cl2N3O3. The fraction of sp³-hybridized carbons (Fsp3) is 0.381. The molecule has 3 N–H and O–H groups in total. The predicted octanol–water partition coefficient (Wildman–Crippen LogP) is 4.75. The first-order chi connectivity index (χ1) is 14.0. The van der Waals surface area contributed by atoms with Gasteiger partial charge in [-0.15, -0.1) is 0 Å². The summed E-state index contributed by atoms with van der Waals surface area (Å²) in [5, 5.41) is 16.5. The lowest BCUT2D eigenvalue weighted by Crippen LogP contribution is -2.43. The Labute approximate surface area is 179 Å². The zero-order valence-corrected chi connectivity index (χ0v) is 17.3. The Balaban J connectivity index is 1.29. The van der Waals surface area contributed by atoms with Gasteiger partial charge in [-0.1, -0.05) is 23.2 Å². The lowest BCUT2D eigenvalue weighted by atomic mass is 10.0. The summed E-state index contributed by atoms with van der Waals surface area (Å²) < 4.78 is 6.14. The number of carbonyl (C=O) groups is 1. The number of aliphatic hydroxyl groups is 1. The number of nitrogens with zero attached hydrogens (tertiary/aromatic N) is 1. The van der Waals surface area contributed by atoms with Crippen molar-refractivity contribution in [2.75, 3.05) is 23.7 Å². The van der Waals surface area contributed by atoms with E-state index in [9.17, 15) is 9.90 Å². The lowest BCUT2D eigenvalue weighted by Gasteiger charge is -2.32. The van der Waals surface area contributed by atoms with Crippen molar-refractivity contribution in [3.8, 4) is 5.75 Å². The van der Waals surface area contributed by atoms with Crippen LogP contribution in [0.3, 0.4) is 0 Å². The highest BCUT2D eigenvalue weighted by Gasteiger charge is 2.25. The maximum Gasteiger partial charge on any atom is 0.321 e. The van der Waals surface area contributed by atoms with Gasteiger partial charge in [-0.05, 0) is 54.8 Å². The zero-order chi connectivity index (χ0) is 20.4. The summed E-state index contributed by atoms with van der Waals surface area (Å²) in [6.45, 7) is 1.24. The van der Waals surface area contributed by atoms with Crippen LogP contribution >= 0.6 is 23.2 Å². The number of anilines is 2. The van der Waals surface area contributed by atoms with Crippen LogP contribution in [0.1, 0.15) is 24.8 Å². The van der Waals surface area contributed by atoms with Gasteiger partial charge >= 0.3 is 6.03 Å². The number of aliphatic hydroxyl groups excluding tert-OH is 1. The Hall–Kier alpha value is -2.15. The second-order valence-electron chi connectivity index (χ2n) is 7.38. The van der Waals surface area contributed by atoms with Crippen molar-refractivity contribution in [1.29, 1.82) is 0 Å². The van der Waals surface area contributed by atoms with Gasteiger partial charge in [0.2, 0.25) is 0 Å². The third kappa shape index (κ3) is 4.89. The Morgan fingerprint density at radius 2 is 1.90 bits per heavy atom. The van der Waals surface area contributed by atoms with Gasteiger partial charge in [0.1, 0.15) is 18.1 Å². The van der Waals surface area contributed by atoms with E-state index in [1.807, 2.05) is 18.2 Å². The van der Waals surface area contributed by atoms with Gasteiger partial charge in [-0.3, -0.25) is 0 Å². The van der Waals surface area contributed by atoms with Gasteiger partial charge in [-0.2, -0.15) is 0 Å². The molecule has 29 heavy (non-hydrogen) atoms. The fourth-order valence-corrected chi connectivity index (χ4v) is 3.98. The zero-order valence-electron chi connectivity index (χ0n) is 15.8. The summed E-state index contributed by atoms with van der Waals surface area (Å²) >= 11 is 11.9. The van der Waals surface area contributed by atoms with Crippen LogP contribution in [-0.2, 0) is 6.42 Å². The standard InChI is InChI=1S/C21H23Cl2N3O3/c22-17-4-2-14(12-18(17)23)24-21(28)26-9-7-15(8-10-26)29-16-3-5-19-13(11-16)1-6-20(27)25-19/h2-5,11-12,15,20,25,27H,1,6-10H2,(H,24,28). The number of halogens is 2. The number of amides is 2. The maximum absolute atomic E-state index is 12.5. The number of nitrogens with one attached hydrogen (secondary N) is 2. The normalized spacial score (nSPS) is 19.3. The van der Waals surface area contributed by atoms with Crippen molar-refractivity contribution in [3.05, 3.63) is 52.0 Å². The highest BCUT2D eigenvalue weighted by Crippen LogP contribution is 2.30. The lowest BCUT2D eigenvalue weighted by molar-refractivity contribution is 0.115. The number of rotatable bonds is 3. The topological polar surface area (TPSA) is 73.8 Å². The van der Waals surface area contributed by atoms with Crippen molar-refractivity contribution in [1.82, 2.24) is 4.90 Å². The molecule has 1 atom stereocenters. The molecule has 0 radical (unpaired) electrons. The van der Waals surface area contributed by atoms with Crippen molar-refractivity contribution in [3.63, 3.8) is 0 Å². The molecule has 2 amide bonds. The number of carbonyl (C=O) groups excluding carboxylic acids is 1. The second kappa shape index (κ2) is 8.69. The number of urea groups is 1. The first-order valence-corrected chi connectivity index (χ1v) is 10.5. The van der Waals surface area contributed by atoms with Gasteiger partial charge in [0.25, 0.3) is 0 Å². The molecule has 0 spiro atoms. The molecule has 8 heteroatoms. The molecular weight excluding hydrogens is 413 g/mol. The summed E-state index contributed by atoms with van der Waals surface area (Å²) in [7, 11) is 0. The smallest absolute Gasteiger partial charge is 0.321 e. The van der Waals surface area contributed by atoms with E-state index in [0.29, 0.717) is 35.2 Å². The van der Waals surface area contributed by atoms with Crippen LogP contribution in [-0.4, -0.2) is 41.5 Å². The highest BCUT2D eigenvalue weighted by atomic mass is 35.5. The van der Waals surface area contributed by atoms with Gasteiger partial charge in [-0.25, -0.2) is 4.79 Å². The molecule has 2 aliphatic rings. The number of hydrogen-bond acceptors (Lipinski definition) is 4. The minimum Gasteiger partial charge on any atom is -0.490 e. The quantitative estimate of drug-likeness (QED) is 0.650. The number of hydrogen-bond donors (Lipinski definition) is 3. The highest BCUT2D eigenvalue weighted by molar-refractivity contribution is 6.42. The van der Waals surface area contributed by atoms with Crippen LogP contribution in [0.2, 0.25) is 10.0 Å². The van der Waals surface area contributed by atoms with Gasteiger partial charge in [0.05, 0.1) is 10.0 Å². The molecule has 4 rings (SSSR count). The predicted molar refractivity (Wildman–Crippen MR) is 115 cm³/mol. The first-order valence-electron chi connectivity index (χ1n) is 9.73. The van der Waals surface area contributed by atoms with E-state index in [2.05, 4.69) is 10.6 Å². The van der Waals surface area contributed by atoms with Crippen LogP contribution in [0, 0.1) is 0 Å². The van der Waals surface area contributed by atoms with Gasteiger partial charge in [0, 0.05) is 37.3 Å². The summed E-state index contributed by atoms with van der Waals surface area (Å²) in [4.78, 5) is 14.3. The summed E-state index contributed by atoms with van der Waals surface area (Å²) in [5.41, 5.74) is 2.74. The van der Waals surface area contributed by atoms with Crippen LogP contribution in [0.4, 0.5) is 16.2 Å². The van der Waals surface area contributed by atoms with E-state index >= 15 is 0 Å². The van der Waals surface area contributed by atoms with Crippen molar-refractivity contribution < 1.29 is 14.6 Å². The van der Waals surface area contributed by atoms with Crippen LogP contribution in [0.5, 0.6) is 5.75 Å². The SMILES string of the molecule is O=C(Nc1ccc(Cl)c(Cl)c1)N1CCC(Oc2ccc3c(c2)CCC(O)N3)CC1. The molecule has 2 aromatic carbocycles. The number of benzene rings is 2. The minimum absolute atomic E-state index is 0.0733. The molecule has 2 heterocycles. The van der Waals surface area contributed by atoms with Crippen molar-refractivity contribution >= 4 is 40.6 Å². The van der Waals surface area contributed by atoms with E-state index in [1.165, 1.54) is 0 Å². The molecule has 1 saturated heterocycles. The van der Waals surface area contributed by atoms with Crippen molar-refractivity contribution in [2.24, 2.45) is 0 Å². The van der Waals surface area contributed by atoms with Crippen molar-refractivity contribution in [2.45, 2.75) is 38.0 Å². The summed E-state index contributed by atoms with van der Waals surface area (Å²) in [6, 6.07) is 10.8. The Morgan fingerprint density at radius 3 is 2.66 bits per heavy atom. The van der Waals surface area contributed by atoms with Gasteiger partial charge in [0.15, 0.2) is 0 Å². The van der Waals surface area contributed by atoms with Crippen LogP contribution in [0.15, 0.2) is 36.4 Å². The van der Waals surface area contributed by atoms with E-state index in [4.69, 9.17) is 27.9 Å². The Morgan fingerprint density at radius 1 is 1.10 bits per heavy atom. The number of ether oxygens (including phenoxy) is 1. The monoisotopic (exact) mass is 435 g/mol. The first kappa shape index (κ1) is 20.1. The molecule has 1 fully saturated rings. The third-order valence-electron chi connectivity index (χ3n) is 5.29. The molecule has 154 valence electrons. The number of aryl methyl sites for hydroxylation is 1. The molecule has 0 aliphatic carbocycles. The third-order valence-corrected chi connectivity index (χ3v) is 6.03. The van der Waals surface area contributed by atoms with Gasteiger partial charge < -0.3 is 25.4 Å². The van der Waals surface area contributed by atoms with Crippen LogP contribution in [0.25, 0.3) is 0 Å². The number of likely N-dealkylation sites (tertiary alicyclic amines) is 1. The average molecular weight is 436 g/mol. The number of fused-ring (bicyclic) bond motifs is 1. The molecule has 0 saturated carbocycles. The molecule has 2 aliphatic heterocycles. The molecule has 2 aromatic rings. The maximum atomic E-state index is 12.5. The van der Waals surface area contributed by atoms with Crippen LogP contribution < -0.4 is 15.4 Å². The average Bonchev–Trinajstić information content (AvgIpc) is 2.71. The molecule has 0 bridgehead atoms. The van der Waals surface area contributed by atoms with E-state index < -0.39 is 6.23 Å². The molecule has 6 nitrogen and oxygen atoms in total. The largest absolute Gasteiger partial charge is 0.490 e.